The van der Waals surface area contributed by atoms with Gasteiger partial charge in [-0.3, -0.25) is 19.2 Å². The van der Waals surface area contributed by atoms with Gasteiger partial charge in [-0.2, -0.15) is 0 Å². The Bertz CT molecular complexity index is 899. The Balaban J connectivity index is 2.02. The highest BCUT2D eigenvalue weighted by Gasteiger charge is 2.22. The molecule has 2 N–H and O–H groups in total. The van der Waals surface area contributed by atoms with Crippen molar-refractivity contribution in [2.24, 2.45) is 0 Å². The number of H-pyrrole nitrogens is 1. The van der Waals surface area contributed by atoms with Gasteiger partial charge in [0, 0.05) is 18.2 Å². The van der Waals surface area contributed by atoms with Crippen molar-refractivity contribution in [3.8, 4) is 0 Å². The molecule has 0 spiro atoms. The van der Waals surface area contributed by atoms with Gasteiger partial charge in [0.05, 0.1) is 18.2 Å². The Morgan fingerprint density at radius 3 is 2.25 bits per heavy atom. The average Bonchev–Trinajstić information content (AvgIpc) is 2.94. The molecule has 0 saturated carbocycles. The smallest absolute Gasteiger partial charge is 0.308 e. The number of aromatic amines is 1. The van der Waals surface area contributed by atoms with E-state index in [1.54, 1.807) is 26.0 Å². The van der Waals surface area contributed by atoms with E-state index in [1.165, 1.54) is 13.8 Å². The number of aromatic nitrogens is 1. The van der Waals surface area contributed by atoms with Crippen LogP contribution < -0.4 is 5.32 Å². The Morgan fingerprint density at radius 1 is 1.07 bits per heavy atom. The predicted molar refractivity (Wildman–Crippen MR) is 103 cm³/mol. The fraction of sp³-hybridized carbons (Fsp3) is 0.333. The van der Waals surface area contributed by atoms with Crippen molar-refractivity contribution in [1.29, 1.82) is 0 Å². The largest absolute Gasteiger partial charge is 0.457 e. The fourth-order valence-corrected chi connectivity index (χ4v) is 3.18. The molecule has 1 amide bonds. The molecule has 0 radical (unpaired) electrons. The normalized spacial score (nSPS) is 11.6. The van der Waals surface area contributed by atoms with Crippen LogP contribution in [-0.2, 0) is 14.3 Å². The number of rotatable bonds is 8. The summed E-state index contributed by atoms with van der Waals surface area (Å²) in [6.45, 7) is 5.75. The van der Waals surface area contributed by atoms with Gasteiger partial charge in [0.25, 0.3) is 0 Å². The predicted octanol–water partition coefficient (Wildman–Crippen LogP) is 2.83. The quantitative estimate of drug-likeness (QED) is 0.538. The third kappa shape index (κ3) is 5.16. The van der Waals surface area contributed by atoms with E-state index in [2.05, 4.69) is 10.3 Å². The zero-order valence-electron chi connectivity index (χ0n) is 16.4. The van der Waals surface area contributed by atoms with E-state index in [4.69, 9.17) is 4.74 Å². The molecule has 1 heterocycles. The molecule has 1 aromatic carbocycles. The lowest BCUT2D eigenvalue weighted by Gasteiger charge is -2.17. The Morgan fingerprint density at radius 2 is 1.71 bits per heavy atom. The summed E-state index contributed by atoms with van der Waals surface area (Å²) in [5.41, 5.74) is 2.66. The van der Waals surface area contributed by atoms with Crippen molar-refractivity contribution < 1.29 is 23.9 Å². The Labute approximate surface area is 163 Å². The standard InChI is InChI=1S/C21H24N2O5/c1-12-20(14(3)24)13(2)22-21(12)18(26)11-28-19(27)10-17(23-15(4)25)16-8-6-5-7-9-16/h5-9,17,22H,10-11H2,1-4H3,(H,23,25)/t17-/m1/s1. The average molecular weight is 384 g/mol. The third-order valence-electron chi connectivity index (χ3n) is 4.38. The summed E-state index contributed by atoms with van der Waals surface area (Å²) in [5, 5.41) is 2.71. The molecule has 2 rings (SSSR count). The minimum absolute atomic E-state index is 0.0989. The van der Waals surface area contributed by atoms with Gasteiger partial charge in [0.15, 0.2) is 12.4 Å². The molecular formula is C21H24N2O5. The van der Waals surface area contributed by atoms with E-state index < -0.39 is 24.4 Å². The van der Waals surface area contributed by atoms with Gasteiger partial charge in [-0.25, -0.2) is 0 Å². The van der Waals surface area contributed by atoms with E-state index in [0.717, 1.165) is 5.56 Å². The molecule has 0 aliphatic carbocycles. The lowest BCUT2D eigenvalue weighted by molar-refractivity contribution is -0.143. The highest BCUT2D eigenvalue weighted by molar-refractivity contribution is 6.04. The van der Waals surface area contributed by atoms with Gasteiger partial charge >= 0.3 is 5.97 Å². The van der Waals surface area contributed by atoms with Crippen molar-refractivity contribution in [3.63, 3.8) is 0 Å². The molecule has 7 heteroatoms. The first kappa shape index (κ1) is 21.1. The molecule has 2 aromatic rings. The van der Waals surface area contributed by atoms with Crippen molar-refractivity contribution in [2.75, 3.05) is 6.61 Å². The number of ether oxygens (including phenoxy) is 1. The van der Waals surface area contributed by atoms with Crippen LogP contribution in [0.2, 0.25) is 0 Å². The number of hydrogen-bond acceptors (Lipinski definition) is 5. The first-order valence-electron chi connectivity index (χ1n) is 8.91. The van der Waals surface area contributed by atoms with Gasteiger partial charge < -0.3 is 15.0 Å². The molecule has 1 atom stereocenters. The maximum atomic E-state index is 12.4. The Hall–Kier alpha value is -3.22. The van der Waals surface area contributed by atoms with Crippen LogP contribution in [0.5, 0.6) is 0 Å². The molecule has 148 valence electrons. The summed E-state index contributed by atoms with van der Waals surface area (Å²) < 4.78 is 5.11. The lowest BCUT2D eigenvalue weighted by Crippen LogP contribution is -2.29. The SMILES string of the molecule is CC(=O)N[C@H](CC(=O)OCC(=O)c1[nH]c(C)c(C(C)=O)c1C)c1ccccc1. The summed E-state index contributed by atoms with van der Waals surface area (Å²) >= 11 is 0. The van der Waals surface area contributed by atoms with Crippen molar-refractivity contribution in [3.05, 3.63) is 58.4 Å². The molecule has 1 aromatic heterocycles. The van der Waals surface area contributed by atoms with Gasteiger partial charge in [0.2, 0.25) is 11.7 Å². The van der Waals surface area contributed by atoms with Crippen LogP contribution in [0.1, 0.15) is 64.0 Å². The summed E-state index contributed by atoms with van der Waals surface area (Å²) in [4.78, 5) is 50.6. The molecule has 0 fully saturated rings. The zero-order chi connectivity index (χ0) is 20.8. The molecule has 28 heavy (non-hydrogen) atoms. The number of carbonyl (C=O) groups excluding carboxylic acids is 4. The molecule has 0 aliphatic heterocycles. The highest BCUT2D eigenvalue weighted by Crippen LogP contribution is 2.20. The van der Waals surface area contributed by atoms with E-state index in [1.807, 2.05) is 18.2 Å². The van der Waals surface area contributed by atoms with Crippen molar-refractivity contribution in [1.82, 2.24) is 10.3 Å². The third-order valence-corrected chi connectivity index (χ3v) is 4.38. The van der Waals surface area contributed by atoms with Gasteiger partial charge in [-0.15, -0.1) is 0 Å². The zero-order valence-corrected chi connectivity index (χ0v) is 16.4. The maximum absolute atomic E-state index is 12.4. The minimum Gasteiger partial charge on any atom is -0.457 e. The van der Waals surface area contributed by atoms with Crippen LogP contribution in [0.4, 0.5) is 0 Å². The van der Waals surface area contributed by atoms with Crippen molar-refractivity contribution >= 4 is 23.4 Å². The second kappa shape index (κ2) is 9.12. The second-order valence-corrected chi connectivity index (χ2v) is 6.63. The monoisotopic (exact) mass is 384 g/mol. The van der Waals surface area contributed by atoms with E-state index >= 15 is 0 Å². The molecule has 0 unspecified atom stereocenters. The Kier molecular flexibility index (Phi) is 6.87. The summed E-state index contributed by atoms with van der Waals surface area (Å²) in [6.07, 6.45) is -0.0989. The molecule has 0 saturated heterocycles. The second-order valence-electron chi connectivity index (χ2n) is 6.63. The molecule has 0 bridgehead atoms. The van der Waals surface area contributed by atoms with Gasteiger partial charge in [0.1, 0.15) is 0 Å². The number of ketones is 2. The van der Waals surface area contributed by atoms with Crippen LogP contribution in [0.15, 0.2) is 30.3 Å². The van der Waals surface area contributed by atoms with Crippen LogP contribution in [0.25, 0.3) is 0 Å². The number of esters is 1. The number of benzene rings is 1. The first-order valence-corrected chi connectivity index (χ1v) is 8.91. The van der Waals surface area contributed by atoms with E-state index in [-0.39, 0.29) is 23.8 Å². The highest BCUT2D eigenvalue weighted by atomic mass is 16.5. The number of Topliss-reactive ketones (excluding diaryl/α,β-unsaturated/α-hetero) is 2. The summed E-state index contributed by atoms with van der Waals surface area (Å²) in [7, 11) is 0. The van der Waals surface area contributed by atoms with E-state index in [9.17, 15) is 19.2 Å². The van der Waals surface area contributed by atoms with Crippen LogP contribution in [0.3, 0.4) is 0 Å². The van der Waals surface area contributed by atoms with Gasteiger partial charge in [-0.05, 0) is 31.9 Å². The number of carbonyl (C=O) groups is 4. The van der Waals surface area contributed by atoms with E-state index in [0.29, 0.717) is 16.8 Å². The van der Waals surface area contributed by atoms with Crippen LogP contribution in [0, 0.1) is 13.8 Å². The maximum Gasteiger partial charge on any atom is 0.308 e. The lowest BCUT2D eigenvalue weighted by atomic mass is 10.0. The van der Waals surface area contributed by atoms with Crippen LogP contribution in [-0.4, -0.2) is 35.0 Å². The van der Waals surface area contributed by atoms with Gasteiger partial charge in [-0.1, -0.05) is 30.3 Å². The molecule has 7 nitrogen and oxygen atoms in total. The van der Waals surface area contributed by atoms with Crippen molar-refractivity contribution in [2.45, 2.75) is 40.2 Å². The minimum atomic E-state index is -0.608. The molecule has 0 aliphatic rings. The fourth-order valence-electron chi connectivity index (χ4n) is 3.18. The first-order chi connectivity index (χ1) is 13.2. The summed E-state index contributed by atoms with van der Waals surface area (Å²) in [6, 6.07) is 8.51. The van der Waals surface area contributed by atoms with Crippen LogP contribution >= 0.6 is 0 Å². The number of aryl methyl sites for hydroxylation is 1. The number of hydrogen-bond donors (Lipinski definition) is 2. The molecular weight excluding hydrogens is 360 g/mol. The topological polar surface area (TPSA) is 105 Å². The number of nitrogens with one attached hydrogen (secondary N) is 2. The number of amides is 1. The summed E-state index contributed by atoms with van der Waals surface area (Å²) in [5.74, 6) is -1.43.